The van der Waals surface area contributed by atoms with Gasteiger partial charge in [-0.2, -0.15) is 5.10 Å². The molecule has 1 fully saturated rings. The lowest BCUT2D eigenvalue weighted by atomic mass is 10.1. The van der Waals surface area contributed by atoms with Crippen molar-refractivity contribution in [2.45, 2.75) is 18.9 Å². The van der Waals surface area contributed by atoms with Crippen molar-refractivity contribution < 1.29 is 9.90 Å². The van der Waals surface area contributed by atoms with E-state index >= 15 is 0 Å². The second kappa shape index (κ2) is 6.51. The van der Waals surface area contributed by atoms with Gasteiger partial charge in [0, 0.05) is 19.4 Å². The van der Waals surface area contributed by atoms with E-state index in [9.17, 15) is 4.79 Å². The quantitative estimate of drug-likeness (QED) is 0.691. The summed E-state index contributed by atoms with van der Waals surface area (Å²) in [6, 6.07) is 4.63. The smallest absolute Gasteiger partial charge is 0.335 e. The van der Waals surface area contributed by atoms with Crippen LogP contribution in [-0.2, 0) is 7.05 Å². The van der Waals surface area contributed by atoms with Crippen LogP contribution in [0.5, 0.6) is 0 Å². The molecule has 0 aromatic carbocycles. The number of anilines is 1. The summed E-state index contributed by atoms with van der Waals surface area (Å²) in [4.78, 5) is 28.5. The van der Waals surface area contributed by atoms with Crippen molar-refractivity contribution >= 4 is 11.9 Å². The third-order valence-electron chi connectivity index (χ3n) is 4.33. The minimum atomic E-state index is -1.00. The molecule has 0 amide bonds. The monoisotopic (exact) mass is 351 g/mol. The molecule has 9 heteroatoms. The predicted molar refractivity (Wildman–Crippen MR) is 92.3 cm³/mol. The van der Waals surface area contributed by atoms with Crippen molar-refractivity contribution in [3.63, 3.8) is 0 Å². The van der Waals surface area contributed by atoms with Crippen molar-refractivity contribution in [3.05, 3.63) is 48.3 Å². The number of aromatic carboxylic acids is 1. The lowest BCUT2D eigenvalue weighted by Gasteiger charge is -2.17. The fourth-order valence-corrected chi connectivity index (χ4v) is 2.82. The number of carbonyl (C=O) groups is 1. The van der Waals surface area contributed by atoms with Crippen LogP contribution in [0.3, 0.4) is 0 Å². The summed E-state index contributed by atoms with van der Waals surface area (Å²) < 4.78 is 1.75. The number of carboxylic acids is 1. The van der Waals surface area contributed by atoms with Gasteiger partial charge in [-0.1, -0.05) is 0 Å². The van der Waals surface area contributed by atoms with Crippen LogP contribution in [-0.4, -0.2) is 40.8 Å². The summed E-state index contributed by atoms with van der Waals surface area (Å²) >= 11 is 0. The minimum Gasteiger partial charge on any atom is -0.478 e. The Kier molecular flexibility index (Phi) is 4.04. The van der Waals surface area contributed by atoms with Gasteiger partial charge in [-0.05, 0) is 37.0 Å². The fraction of sp³-hybridized carbons (Fsp3) is 0.294. The first-order chi connectivity index (χ1) is 12.6. The van der Waals surface area contributed by atoms with Crippen molar-refractivity contribution in [2.24, 2.45) is 13.0 Å². The molecule has 1 saturated carbocycles. The molecular weight excluding hydrogens is 334 g/mol. The zero-order valence-corrected chi connectivity index (χ0v) is 14.1. The molecule has 9 nitrogen and oxygen atoms in total. The second-order valence-corrected chi connectivity index (χ2v) is 6.20. The summed E-state index contributed by atoms with van der Waals surface area (Å²) in [5.74, 6) is 0.758. The summed E-state index contributed by atoms with van der Waals surface area (Å²) in [7, 11) is 1.86. The molecular formula is C17H17N7O2. The summed E-state index contributed by atoms with van der Waals surface area (Å²) in [5.41, 5.74) is 1.20. The molecule has 0 aliphatic heterocycles. The third kappa shape index (κ3) is 3.23. The standard InChI is InChI=1S/C17H17N7O2/c1-24-15(20-9-21-24)14(10-2-3-10)23-17-19-7-5-12(22-17)13-8-11(16(25)26)4-6-18-13/h4-10,14H,2-3H2,1H3,(H,25,26)(H,19,22,23)/t14-/m1/s1. The first-order valence-corrected chi connectivity index (χ1v) is 8.25. The molecule has 3 aromatic rings. The Hall–Kier alpha value is -3.36. The van der Waals surface area contributed by atoms with E-state index in [4.69, 9.17) is 5.11 Å². The molecule has 26 heavy (non-hydrogen) atoms. The molecule has 1 aliphatic rings. The van der Waals surface area contributed by atoms with Crippen molar-refractivity contribution in [1.29, 1.82) is 0 Å². The minimum absolute atomic E-state index is 0.0175. The first kappa shape index (κ1) is 16.1. The van der Waals surface area contributed by atoms with Crippen molar-refractivity contribution in [1.82, 2.24) is 29.7 Å². The number of hydrogen-bond donors (Lipinski definition) is 2. The number of aryl methyl sites for hydroxylation is 1. The number of aromatic nitrogens is 6. The Morgan fingerprint density at radius 3 is 2.73 bits per heavy atom. The van der Waals surface area contributed by atoms with Crippen LogP contribution < -0.4 is 5.32 Å². The van der Waals surface area contributed by atoms with Gasteiger partial charge in [0.1, 0.15) is 12.2 Å². The van der Waals surface area contributed by atoms with Gasteiger partial charge in [-0.15, -0.1) is 0 Å². The fourth-order valence-electron chi connectivity index (χ4n) is 2.82. The van der Waals surface area contributed by atoms with Crippen molar-refractivity contribution in [3.8, 4) is 11.4 Å². The zero-order chi connectivity index (χ0) is 18.1. The van der Waals surface area contributed by atoms with E-state index in [2.05, 4.69) is 30.4 Å². The number of nitrogens with zero attached hydrogens (tertiary/aromatic N) is 6. The molecule has 1 aliphatic carbocycles. The SMILES string of the molecule is Cn1ncnc1[C@H](Nc1nccc(-c2cc(C(=O)O)ccn2)n1)C1CC1. The zero-order valence-electron chi connectivity index (χ0n) is 14.1. The van der Waals surface area contributed by atoms with Gasteiger partial charge < -0.3 is 10.4 Å². The molecule has 0 unspecified atom stereocenters. The number of nitrogens with one attached hydrogen (secondary N) is 1. The summed E-state index contributed by atoms with van der Waals surface area (Å²) in [6.45, 7) is 0. The van der Waals surface area contributed by atoms with Crippen LogP contribution in [0.2, 0.25) is 0 Å². The van der Waals surface area contributed by atoms with Crippen LogP contribution >= 0.6 is 0 Å². The maximum Gasteiger partial charge on any atom is 0.335 e. The molecule has 2 N–H and O–H groups in total. The lowest BCUT2D eigenvalue weighted by molar-refractivity contribution is 0.0697. The van der Waals surface area contributed by atoms with Crippen LogP contribution in [0.25, 0.3) is 11.4 Å². The Bertz CT molecular complexity index is 952. The molecule has 3 heterocycles. The molecule has 0 saturated heterocycles. The second-order valence-electron chi connectivity index (χ2n) is 6.20. The highest BCUT2D eigenvalue weighted by Crippen LogP contribution is 2.41. The van der Waals surface area contributed by atoms with Crippen LogP contribution in [0.1, 0.15) is 35.1 Å². The van der Waals surface area contributed by atoms with E-state index in [0.29, 0.717) is 23.3 Å². The molecule has 3 aromatic heterocycles. The van der Waals surface area contributed by atoms with Crippen molar-refractivity contribution in [2.75, 3.05) is 5.32 Å². The van der Waals surface area contributed by atoms with Gasteiger partial charge in [-0.25, -0.2) is 19.7 Å². The van der Waals surface area contributed by atoms with Crippen LogP contribution in [0.15, 0.2) is 36.9 Å². The third-order valence-corrected chi connectivity index (χ3v) is 4.33. The van der Waals surface area contributed by atoms with Gasteiger partial charge >= 0.3 is 5.97 Å². The van der Waals surface area contributed by atoms with E-state index in [1.54, 1.807) is 16.9 Å². The van der Waals surface area contributed by atoms with Crippen LogP contribution in [0, 0.1) is 5.92 Å². The predicted octanol–water partition coefficient (Wildman–Crippen LogP) is 1.93. The Labute approximate surface area is 149 Å². The molecule has 132 valence electrons. The van der Waals surface area contributed by atoms with Gasteiger partial charge in [0.15, 0.2) is 0 Å². The van der Waals surface area contributed by atoms with E-state index in [1.807, 2.05) is 7.05 Å². The molecule has 0 radical (unpaired) electrons. The maximum absolute atomic E-state index is 11.2. The average molecular weight is 351 g/mol. The lowest BCUT2D eigenvalue weighted by Crippen LogP contribution is -2.19. The Morgan fingerprint density at radius 1 is 1.23 bits per heavy atom. The highest BCUT2D eigenvalue weighted by Gasteiger charge is 2.35. The van der Waals surface area contributed by atoms with E-state index in [1.165, 1.54) is 24.7 Å². The number of rotatable bonds is 6. The molecule has 4 rings (SSSR count). The topological polar surface area (TPSA) is 119 Å². The molecule has 0 bridgehead atoms. The Balaban J connectivity index is 1.62. The first-order valence-electron chi connectivity index (χ1n) is 8.25. The average Bonchev–Trinajstić information content (AvgIpc) is 3.41. The molecule has 0 spiro atoms. The van der Waals surface area contributed by atoms with Gasteiger partial charge in [0.2, 0.25) is 5.95 Å². The van der Waals surface area contributed by atoms with E-state index in [0.717, 1.165) is 18.7 Å². The van der Waals surface area contributed by atoms with Gasteiger partial charge in [0.05, 0.1) is 23.0 Å². The molecule has 1 atom stereocenters. The Morgan fingerprint density at radius 2 is 2.04 bits per heavy atom. The number of pyridine rings is 1. The summed E-state index contributed by atoms with van der Waals surface area (Å²) in [5, 5.41) is 16.6. The van der Waals surface area contributed by atoms with Gasteiger partial charge in [-0.3, -0.25) is 9.67 Å². The summed E-state index contributed by atoms with van der Waals surface area (Å²) in [6.07, 6.45) is 6.85. The van der Waals surface area contributed by atoms with Crippen LogP contribution in [0.4, 0.5) is 5.95 Å². The largest absolute Gasteiger partial charge is 0.478 e. The maximum atomic E-state index is 11.2. The van der Waals surface area contributed by atoms with Gasteiger partial charge in [0.25, 0.3) is 0 Å². The highest BCUT2D eigenvalue weighted by atomic mass is 16.4. The normalized spacial score (nSPS) is 14.8. The number of carboxylic acid groups (broad SMARTS) is 1. The van der Waals surface area contributed by atoms with E-state index < -0.39 is 5.97 Å². The highest BCUT2D eigenvalue weighted by molar-refractivity contribution is 5.88. The number of hydrogen-bond acceptors (Lipinski definition) is 7. The van der Waals surface area contributed by atoms with E-state index in [-0.39, 0.29) is 11.6 Å².